The van der Waals surface area contributed by atoms with Crippen LogP contribution < -0.4 is 5.32 Å². The molecule has 1 aromatic carbocycles. The molecule has 1 aliphatic heterocycles. The molecule has 92 valence electrons. The lowest BCUT2D eigenvalue weighted by Crippen LogP contribution is -2.38. The average Bonchev–Trinajstić information content (AvgIpc) is 2.40. The molecule has 17 heavy (non-hydrogen) atoms. The first kappa shape index (κ1) is 11.6. The standard InChI is InChI=1S/C15H21NS/c1-2-8-14-12(5-1)6-3-9-15(14)16-13-7-4-10-17-11-13/h1-2,5,8,13,15-16H,3-4,6-7,9-11H2. The Morgan fingerprint density at radius 2 is 2.06 bits per heavy atom. The Balaban J connectivity index is 1.71. The highest BCUT2D eigenvalue weighted by Crippen LogP contribution is 2.31. The van der Waals surface area contributed by atoms with Crippen LogP contribution in [0.5, 0.6) is 0 Å². The van der Waals surface area contributed by atoms with Crippen molar-refractivity contribution in [1.82, 2.24) is 5.32 Å². The molecule has 1 saturated heterocycles. The molecular weight excluding hydrogens is 226 g/mol. The Kier molecular flexibility index (Phi) is 3.72. The zero-order chi connectivity index (χ0) is 11.5. The van der Waals surface area contributed by atoms with Crippen molar-refractivity contribution in [2.24, 2.45) is 0 Å². The topological polar surface area (TPSA) is 12.0 Å². The predicted octanol–water partition coefficient (Wildman–Crippen LogP) is 3.55. The number of rotatable bonds is 2. The minimum absolute atomic E-state index is 0.614. The lowest BCUT2D eigenvalue weighted by Gasteiger charge is -2.32. The fraction of sp³-hybridized carbons (Fsp3) is 0.600. The molecular formula is C15H21NS. The summed E-state index contributed by atoms with van der Waals surface area (Å²) in [5, 5.41) is 3.89. The van der Waals surface area contributed by atoms with Gasteiger partial charge in [0.05, 0.1) is 0 Å². The van der Waals surface area contributed by atoms with Crippen LogP contribution >= 0.6 is 11.8 Å². The zero-order valence-corrected chi connectivity index (χ0v) is 11.1. The first-order valence-electron chi connectivity index (χ1n) is 6.85. The minimum Gasteiger partial charge on any atom is -0.306 e. The average molecular weight is 247 g/mol. The van der Waals surface area contributed by atoms with E-state index in [1.54, 1.807) is 11.1 Å². The van der Waals surface area contributed by atoms with Gasteiger partial charge in [0.2, 0.25) is 0 Å². The number of thioether (sulfide) groups is 1. The highest BCUT2D eigenvalue weighted by Gasteiger charge is 2.23. The highest BCUT2D eigenvalue weighted by molar-refractivity contribution is 7.99. The molecule has 3 rings (SSSR count). The second-order valence-electron chi connectivity index (χ2n) is 5.22. The summed E-state index contributed by atoms with van der Waals surface area (Å²) in [6, 6.07) is 10.3. The van der Waals surface area contributed by atoms with Gasteiger partial charge in [-0.15, -0.1) is 0 Å². The van der Waals surface area contributed by atoms with Crippen LogP contribution in [0, 0.1) is 0 Å². The Bertz CT molecular complexity index is 371. The normalized spacial score (nSPS) is 28.7. The summed E-state index contributed by atoms with van der Waals surface area (Å²) in [6.45, 7) is 0. The third-order valence-corrected chi connectivity index (χ3v) is 5.18. The van der Waals surface area contributed by atoms with Crippen molar-refractivity contribution in [3.05, 3.63) is 35.4 Å². The molecule has 0 saturated carbocycles. The van der Waals surface area contributed by atoms with Crippen LogP contribution in [-0.4, -0.2) is 17.5 Å². The van der Waals surface area contributed by atoms with Crippen molar-refractivity contribution in [3.63, 3.8) is 0 Å². The van der Waals surface area contributed by atoms with Crippen LogP contribution in [0.25, 0.3) is 0 Å². The Morgan fingerprint density at radius 1 is 1.12 bits per heavy atom. The fourth-order valence-corrected chi connectivity index (χ4v) is 4.17. The number of fused-ring (bicyclic) bond motifs is 1. The summed E-state index contributed by atoms with van der Waals surface area (Å²) in [5.41, 5.74) is 3.13. The quantitative estimate of drug-likeness (QED) is 0.858. The van der Waals surface area contributed by atoms with E-state index >= 15 is 0 Å². The van der Waals surface area contributed by atoms with E-state index in [2.05, 4.69) is 41.3 Å². The van der Waals surface area contributed by atoms with Crippen molar-refractivity contribution >= 4 is 11.8 Å². The largest absolute Gasteiger partial charge is 0.306 e. The van der Waals surface area contributed by atoms with Gasteiger partial charge in [-0.2, -0.15) is 11.8 Å². The van der Waals surface area contributed by atoms with Gasteiger partial charge in [0, 0.05) is 17.8 Å². The van der Waals surface area contributed by atoms with Crippen molar-refractivity contribution in [2.75, 3.05) is 11.5 Å². The van der Waals surface area contributed by atoms with E-state index < -0.39 is 0 Å². The lowest BCUT2D eigenvalue weighted by molar-refractivity contribution is 0.394. The van der Waals surface area contributed by atoms with Gasteiger partial charge in [0.1, 0.15) is 0 Å². The smallest absolute Gasteiger partial charge is 0.0325 e. The SMILES string of the molecule is c1ccc2c(c1)CCCC2NC1CCCSC1. The van der Waals surface area contributed by atoms with Gasteiger partial charge >= 0.3 is 0 Å². The molecule has 1 aliphatic carbocycles. The first-order valence-corrected chi connectivity index (χ1v) is 8.00. The maximum Gasteiger partial charge on any atom is 0.0325 e. The number of hydrogen-bond donors (Lipinski definition) is 1. The van der Waals surface area contributed by atoms with Crippen molar-refractivity contribution in [1.29, 1.82) is 0 Å². The lowest BCUT2D eigenvalue weighted by atomic mass is 9.87. The molecule has 1 heterocycles. The molecule has 1 N–H and O–H groups in total. The van der Waals surface area contributed by atoms with Crippen LogP contribution in [0.15, 0.2) is 24.3 Å². The second-order valence-corrected chi connectivity index (χ2v) is 6.37. The van der Waals surface area contributed by atoms with Gasteiger partial charge in [0.25, 0.3) is 0 Å². The van der Waals surface area contributed by atoms with Crippen LogP contribution in [0.1, 0.15) is 42.9 Å². The number of benzene rings is 1. The molecule has 0 aromatic heterocycles. The van der Waals surface area contributed by atoms with E-state index in [0.717, 1.165) is 6.04 Å². The molecule has 0 bridgehead atoms. The summed E-state index contributed by atoms with van der Waals surface area (Å²) in [6.07, 6.45) is 6.68. The van der Waals surface area contributed by atoms with E-state index in [0.29, 0.717) is 6.04 Å². The van der Waals surface area contributed by atoms with Crippen LogP contribution in [0.4, 0.5) is 0 Å². The third-order valence-electron chi connectivity index (χ3n) is 3.97. The molecule has 2 atom stereocenters. The van der Waals surface area contributed by atoms with Gasteiger partial charge in [-0.3, -0.25) is 0 Å². The van der Waals surface area contributed by atoms with Crippen LogP contribution in [-0.2, 0) is 6.42 Å². The molecule has 0 spiro atoms. The predicted molar refractivity (Wildman–Crippen MR) is 75.6 cm³/mol. The molecule has 2 unspecified atom stereocenters. The van der Waals surface area contributed by atoms with E-state index in [9.17, 15) is 0 Å². The molecule has 1 nitrogen and oxygen atoms in total. The van der Waals surface area contributed by atoms with Crippen molar-refractivity contribution in [2.45, 2.75) is 44.2 Å². The summed E-state index contributed by atoms with van der Waals surface area (Å²) in [5.74, 6) is 2.66. The summed E-state index contributed by atoms with van der Waals surface area (Å²) < 4.78 is 0. The first-order chi connectivity index (χ1) is 8.43. The molecule has 1 aromatic rings. The molecule has 2 aliphatic rings. The van der Waals surface area contributed by atoms with E-state index in [1.807, 2.05) is 0 Å². The molecule has 1 fully saturated rings. The minimum atomic E-state index is 0.614. The van der Waals surface area contributed by atoms with Gasteiger partial charge in [-0.05, 0) is 49.0 Å². The molecule has 0 radical (unpaired) electrons. The van der Waals surface area contributed by atoms with E-state index in [1.165, 1.54) is 43.6 Å². The van der Waals surface area contributed by atoms with E-state index in [4.69, 9.17) is 0 Å². The zero-order valence-electron chi connectivity index (χ0n) is 10.3. The van der Waals surface area contributed by atoms with Crippen molar-refractivity contribution < 1.29 is 0 Å². The molecule has 2 heteroatoms. The summed E-state index contributed by atoms with van der Waals surface area (Å²) >= 11 is 2.11. The number of aryl methyl sites for hydroxylation is 1. The maximum atomic E-state index is 3.89. The molecule has 0 amide bonds. The second kappa shape index (κ2) is 5.45. The van der Waals surface area contributed by atoms with Crippen LogP contribution in [0.2, 0.25) is 0 Å². The van der Waals surface area contributed by atoms with Crippen LogP contribution in [0.3, 0.4) is 0 Å². The van der Waals surface area contributed by atoms with Gasteiger partial charge in [0.15, 0.2) is 0 Å². The Hall–Kier alpha value is -0.470. The fourth-order valence-electron chi connectivity index (χ4n) is 3.08. The number of nitrogens with one attached hydrogen (secondary N) is 1. The van der Waals surface area contributed by atoms with Gasteiger partial charge in [-0.25, -0.2) is 0 Å². The third kappa shape index (κ3) is 2.69. The maximum absolute atomic E-state index is 3.89. The van der Waals surface area contributed by atoms with E-state index in [-0.39, 0.29) is 0 Å². The summed E-state index contributed by atoms with van der Waals surface area (Å²) in [7, 11) is 0. The Morgan fingerprint density at radius 3 is 2.94 bits per heavy atom. The number of hydrogen-bond acceptors (Lipinski definition) is 2. The monoisotopic (exact) mass is 247 g/mol. The van der Waals surface area contributed by atoms with Gasteiger partial charge in [-0.1, -0.05) is 24.3 Å². The van der Waals surface area contributed by atoms with Gasteiger partial charge < -0.3 is 5.32 Å². The highest BCUT2D eigenvalue weighted by atomic mass is 32.2. The Labute approximate surface area is 108 Å². The van der Waals surface area contributed by atoms with Crippen molar-refractivity contribution in [3.8, 4) is 0 Å². The summed E-state index contributed by atoms with van der Waals surface area (Å²) in [4.78, 5) is 0.